The Bertz CT molecular complexity index is 418. The minimum absolute atomic E-state index is 0.688. The fourth-order valence-electron chi connectivity index (χ4n) is 3.47. The van der Waals surface area contributed by atoms with Crippen molar-refractivity contribution in [1.82, 2.24) is 5.32 Å². The number of nitrogens with one attached hydrogen (secondary N) is 1. The maximum atomic E-state index is 6.03. The van der Waals surface area contributed by atoms with E-state index < -0.39 is 0 Å². The van der Waals surface area contributed by atoms with E-state index in [0.717, 1.165) is 22.4 Å². The van der Waals surface area contributed by atoms with Crippen molar-refractivity contribution >= 4 is 23.2 Å². The Balaban J connectivity index is 1.56. The van der Waals surface area contributed by atoms with Crippen LogP contribution in [0, 0.1) is 11.3 Å². The molecule has 1 aliphatic carbocycles. The van der Waals surface area contributed by atoms with E-state index in [2.05, 4.69) is 5.32 Å². The average molecular weight is 284 g/mol. The first-order valence-corrected chi connectivity index (χ1v) is 7.59. The topological polar surface area (TPSA) is 12.0 Å². The van der Waals surface area contributed by atoms with E-state index in [-0.39, 0.29) is 0 Å². The number of rotatable bonds is 3. The molecule has 2 aliphatic rings. The highest BCUT2D eigenvalue weighted by Crippen LogP contribution is 2.60. The zero-order valence-electron chi connectivity index (χ0n) is 10.5. The van der Waals surface area contributed by atoms with E-state index in [9.17, 15) is 0 Å². The lowest BCUT2D eigenvalue weighted by atomic mass is 9.90. The summed E-state index contributed by atoms with van der Waals surface area (Å²) in [4.78, 5) is 0. The molecular formula is C15H19Cl2N. The van der Waals surface area contributed by atoms with Crippen molar-refractivity contribution in [3.63, 3.8) is 0 Å². The van der Waals surface area contributed by atoms with Crippen LogP contribution < -0.4 is 5.32 Å². The van der Waals surface area contributed by atoms with Crippen LogP contribution in [-0.4, -0.2) is 13.1 Å². The average Bonchev–Trinajstić information content (AvgIpc) is 2.99. The van der Waals surface area contributed by atoms with Gasteiger partial charge in [0, 0.05) is 10.0 Å². The molecule has 1 atom stereocenters. The van der Waals surface area contributed by atoms with Gasteiger partial charge in [0.25, 0.3) is 0 Å². The van der Waals surface area contributed by atoms with Crippen molar-refractivity contribution in [3.8, 4) is 0 Å². The minimum Gasteiger partial charge on any atom is -0.317 e. The van der Waals surface area contributed by atoms with Crippen molar-refractivity contribution in [2.45, 2.75) is 32.1 Å². The lowest BCUT2D eigenvalue weighted by Crippen LogP contribution is -2.29. The molecular weight excluding hydrogens is 265 g/mol. The molecule has 2 fully saturated rings. The second-order valence-corrected chi connectivity index (χ2v) is 6.70. The van der Waals surface area contributed by atoms with Crippen LogP contribution in [0.3, 0.4) is 0 Å². The summed E-state index contributed by atoms with van der Waals surface area (Å²) in [7, 11) is 0. The van der Waals surface area contributed by atoms with Crippen LogP contribution in [0.25, 0.3) is 0 Å². The van der Waals surface area contributed by atoms with Crippen LogP contribution in [0.4, 0.5) is 0 Å². The Hall–Kier alpha value is -0.240. The Morgan fingerprint density at radius 2 is 1.78 bits per heavy atom. The predicted molar refractivity (Wildman–Crippen MR) is 77.4 cm³/mol. The van der Waals surface area contributed by atoms with E-state index in [1.807, 2.05) is 12.1 Å². The largest absolute Gasteiger partial charge is 0.317 e. The summed E-state index contributed by atoms with van der Waals surface area (Å²) in [6.07, 6.45) is 6.57. The van der Waals surface area contributed by atoms with Crippen LogP contribution >= 0.6 is 23.2 Å². The molecule has 0 aromatic heterocycles. The summed E-state index contributed by atoms with van der Waals surface area (Å²) >= 11 is 12.1. The summed E-state index contributed by atoms with van der Waals surface area (Å²) in [6, 6.07) is 5.90. The molecule has 1 heterocycles. The molecule has 1 aromatic carbocycles. The van der Waals surface area contributed by atoms with Crippen molar-refractivity contribution in [2.75, 3.05) is 13.1 Å². The van der Waals surface area contributed by atoms with Gasteiger partial charge in [0.1, 0.15) is 0 Å². The fourth-order valence-corrected chi connectivity index (χ4v) is 4.04. The Morgan fingerprint density at radius 1 is 1.11 bits per heavy atom. The number of hydrogen-bond donors (Lipinski definition) is 1. The lowest BCUT2D eigenvalue weighted by Gasteiger charge is -2.23. The van der Waals surface area contributed by atoms with Gasteiger partial charge in [-0.3, -0.25) is 0 Å². The molecule has 1 unspecified atom stereocenters. The zero-order valence-corrected chi connectivity index (χ0v) is 12.0. The van der Waals surface area contributed by atoms with Crippen LogP contribution in [0.5, 0.6) is 0 Å². The van der Waals surface area contributed by atoms with E-state index in [4.69, 9.17) is 23.2 Å². The van der Waals surface area contributed by atoms with E-state index in [1.165, 1.54) is 44.3 Å². The third-order valence-electron chi connectivity index (χ3n) is 4.66. The van der Waals surface area contributed by atoms with Crippen molar-refractivity contribution in [3.05, 3.63) is 33.8 Å². The number of benzene rings is 1. The third-order valence-corrected chi connectivity index (χ3v) is 5.10. The van der Waals surface area contributed by atoms with Gasteiger partial charge < -0.3 is 5.32 Å². The van der Waals surface area contributed by atoms with Crippen LogP contribution in [0.15, 0.2) is 18.2 Å². The predicted octanol–water partition coefficient (Wildman–Crippen LogP) is 4.32. The normalized spacial score (nSPS) is 25.3. The molecule has 0 bridgehead atoms. The first kappa shape index (κ1) is 12.8. The van der Waals surface area contributed by atoms with Gasteiger partial charge >= 0.3 is 0 Å². The molecule has 1 N–H and O–H groups in total. The summed E-state index contributed by atoms with van der Waals surface area (Å²) < 4.78 is 0. The van der Waals surface area contributed by atoms with Gasteiger partial charge in [0.05, 0.1) is 0 Å². The third kappa shape index (κ3) is 2.68. The highest BCUT2D eigenvalue weighted by atomic mass is 35.5. The number of piperidine rings is 1. The summed E-state index contributed by atoms with van der Waals surface area (Å²) in [5.41, 5.74) is 1.97. The van der Waals surface area contributed by atoms with Gasteiger partial charge in [-0.1, -0.05) is 23.2 Å². The molecule has 0 radical (unpaired) electrons. The first-order valence-electron chi connectivity index (χ1n) is 6.84. The number of hydrogen-bond acceptors (Lipinski definition) is 1. The zero-order chi connectivity index (χ0) is 12.6. The standard InChI is InChI=1S/C15H19Cl2N/c16-13-7-11(8-14(17)9-13)1-2-12-10-15(12)3-5-18-6-4-15/h7-9,12,18H,1-6,10H2. The Kier molecular flexibility index (Phi) is 3.57. The molecule has 3 rings (SSSR count). The molecule has 3 heteroatoms. The number of halogens is 2. The Morgan fingerprint density at radius 3 is 2.44 bits per heavy atom. The molecule has 1 saturated carbocycles. The fraction of sp³-hybridized carbons (Fsp3) is 0.600. The van der Waals surface area contributed by atoms with Gasteiger partial charge in [-0.2, -0.15) is 0 Å². The van der Waals surface area contributed by atoms with Gasteiger partial charge in [-0.15, -0.1) is 0 Å². The highest BCUT2D eigenvalue weighted by molar-refractivity contribution is 6.34. The summed E-state index contributed by atoms with van der Waals surface area (Å²) in [5.74, 6) is 0.928. The molecule has 1 saturated heterocycles. The SMILES string of the molecule is Clc1cc(Cl)cc(CCC2CC23CCNCC3)c1. The maximum absolute atomic E-state index is 6.03. The van der Waals surface area contributed by atoms with Crippen molar-refractivity contribution in [2.24, 2.45) is 11.3 Å². The van der Waals surface area contributed by atoms with Crippen molar-refractivity contribution in [1.29, 1.82) is 0 Å². The summed E-state index contributed by atoms with van der Waals surface area (Å²) in [5, 5.41) is 4.96. The molecule has 98 valence electrons. The summed E-state index contributed by atoms with van der Waals surface area (Å²) in [6.45, 7) is 2.42. The second-order valence-electron chi connectivity index (χ2n) is 5.83. The van der Waals surface area contributed by atoms with Gasteiger partial charge in [0.15, 0.2) is 0 Å². The monoisotopic (exact) mass is 283 g/mol. The minimum atomic E-state index is 0.688. The van der Waals surface area contributed by atoms with Gasteiger partial charge in [-0.25, -0.2) is 0 Å². The number of aryl methyl sites for hydroxylation is 1. The van der Waals surface area contributed by atoms with Gasteiger partial charge in [-0.05, 0) is 80.3 Å². The molecule has 1 nitrogen and oxygen atoms in total. The van der Waals surface area contributed by atoms with E-state index >= 15 is 0 Å². The van der Waals surface area contributed by atoms with E-state index in [1.54, 1.807) is 6.07 Å². The van der Waals surface area contributed by atoms with Crippen LogP contribution in [0.2, 0.25) is 10.0 Å². The first-order chi connectivity index (χ1) is 8.68. The van der Waals surface area contributed by atoms with E-state index in [0.29, 0.717) is 5.41 Å². The molecule has 1 aliphatic heterocycles. The maximum Gasteiger partial charge on any atom is 0.0423 e. The van der Waals surface area contributed by atoms with Gasteiger partial charge in [0.2, 0.25) is 0 Å². The smallest absolute Gasteiger partial charge is 0.0423 e. The van der Waals surface area contributed by atoms with Crippen LogP contribution in [-0.2, 0) is 6.42 Å². The molecule has 1 spiro atoms. The quantitative estimate of drug-likeness (QED) is 0.871. The molecule has 18 heavy (non-hydrogen) atoms. The van der Waals surface area contributed by atoms with Crippen molar-refractivity contribution < 1.29 is 0 Å². The van der Waals surface area contributed by atoms with Crippen LogP contribution in [0.1, 0.15) is 31.2 Å². The molecule has 1 aromatic rings. The lowest BCUT2D eigenvalue weighted by molar-refractivity contribution is 0.317. The highest BCUT2D eigenvalue weighted by Gasteiger charge is 2.52. The molecule has 0 amide bonds. The second kappa shape index (κ2) is 5.03. The Labute approximate surface area is 119 Å².